The van der Waals surface area contributed by atoms with Crippen LogP contribution in [0.3, 0.4) is 0 Å². The zero-order valence-electron chi connectivity index (χ0n) is 14.2. The zero-order valence-corrected chi connectivity index (χ0v) is 15.1. The molecule has 1 aromatic rings. The summed E-state index contributed by atoms with van der Waals surface area (Å²) in [6, 6.07) is 3.79. The predicted octanol–water partition coefficient (Wildman–Crippen LogP) is 3.74. The van der Waals surface area contributed by atoms with Crippen LogP contribution in [0.25, 0.3) is 0 Å². The molecule has 9 nitrogen and oxygen atoms in total. The highest BCUT2D eigenvalue weighted by molar-refractivity contribution is 7.52. The molecular formula is C15H23N2O7P. The molecule has 10 heteroatoms. The van der Waals surface area contributed by atoms with E-state index in [0.29, 0.717) is 6.42 Å². The van der Waals surface area contributed by atoms with Crippen molar-refractivity contribution < 1.29 is 28.4 Å². The van der Waals surface area contributed by atoms with Crippen molar-refractivity contribution >= 4 is 19.4 Å². The predicted molar refractivity (Wildman–Crippen MR) is 91.7 cm³/mol. The van der Waals surface area contributed by atoms with Gasteiger partial charge in [-0.1, -0.05) is 26.2 Å². The number of carboxylic acid groups (broad SMARTS) is 1. The summed E-state index contributed by atoms with van der Waals surface area (Å²) in [4.78, 5) is 21.1. The fourth-order valence-electron chi connectivity index (χ4n) is 1.86. The molecule has 2 N–H and O–H groups in total. The summed E-state index contributed by atoms with van der Waals surface area (Å²) in [5.41, 5.74) is -0.144. The summed E-state index contributed by atoms with van der Waals surface area (Å²) in [6.07, 6.45) is 3.59. The fraction of sp³-hybridized carbons (Fsp3) is 0.533. The minimum absolute atomic E-state index is 0.0765. The summed E-state index contributed by atoms with van der Waals surface area (Å²) in [5.74, 6) is -1.13. The third kappa shape index (κ3) is 7.64. The van der Waals surface area contributed by atoms with Crippen LogP contribution in [0.15, 0.2) is 24.3 Å². The lowest BCUT2D eigenvalue weighted by Crippen LogP contribution is -2.33. The lowest BCUT2D eigenvalue weighted by molar-refractivity contribution is -0.384. The maximum atomic E-state index is 12.8. The summed E-state index contributed by atoms with van der Waals surface area (Å²) in [6.45, 7) is 3.51. The van der Waals surface area contributed by atoms with Gasteiger partial charge in [0.15, 0.2) is 0 Å². The smallest absolute Gasteiger partial charge is 0.459 e. The number of aliphatic carboxylic acids is 1. The second kappa shape index (κ2) is 10.1. The van der Waals surface area contributed by atoms with Crippen molar-refractivity contribution in [1.82, 2.24) is 5.09 Å². The molecule has 0 amide bonds. The molecule has 140 valence electrons. The van der Waals surface area contributed by atoms with Crippen LogP contribution in [0.1, 0.15) is 39.5 Å². The van der Waals surface area contributed by atoms with Gasteiger partial charge in [-0.3, -0.25) is 19.4 Å². The molecule has 0 radical (unpaired) electrons. The first-order chi connectivity index (χ1) is 11.8. The second-order valence-electron chi connectivity index (χ2n) is 5.42. The third-order valence-electron chi connectivity index (χ3n) is 3.25. The van der Waals surface area contributed by atoms with Crippen LogP contribution in [-0.4, -0.2) is 28.6 Å². The van der Waals surface area contributed by atoms with Gasteiger partial charge >= 0.3 is 13.7 Å². The molecule has 2 atom stereocenters. The van der Waals surface area contributed by atoms with Crippen LogP contribution >= 0.6 is 7.75 Å². The molecule has 0 bridgehead atoms. The highest BCUT2D eigenvalue weighted by Gasteiger charge is 2.31. The number of benzene rings is 1. The number of nitrogens with zero attached hydrogens (tertiary/aromatic N) is 1. The Balaban J connectivity index is 2.79. The van der Waals surface area contributed by atoms with Gasteiger partial charge < -0.3 is 9.63 Å². The van der Waals surface area contributed by atoms with Crippen LogP contribution in [0.2, 0.25) is 0 Å². The Morgan fingerprint density at radius 2 is 1.96 bits per heavy atom. The molecule has 0 saturated carbocycles. The SMILES string of the molecule is CCCCCCOP(=O)(N[C@@H](C)C(=O)O)Oc1ccc([N+](=O)[O-])cc1. The normalized spacial score (nSPS) is 14.5. The van der Waals surface area contributed by atoms with Crippen molar-refractivity contribution in [3.63, 3.8) is 0 Å². The van der Waals surface area contributed by atoms with Gasteiger partial charge in [-0.15, -0.1) is 0 Å². The molecular weight excluding hydrogens is 351 g/mol. The van der Waals surface area contributed by atoms with Gasteiger partial charge in [-0.05, 0) is 25.5 Å². The molecule has 0 heterocycles. The van der Waals surface area contributed by atoms with Crippen LogP contribution in [0.5, 0.6) is 5.75 Å². The Bertz CT molecular complexity index is 621. The molecule has 0 aliphatic carbocycles. The van der Waals surface area contributed by atoms with E-state index >= 15 is 0 Å². The fourth-order valence-corrected chi connectivity index (χ4v) is 3.40. The lowest BCUT2D eigenvalue weighted by atomic mass is 10.2. The highest BCUT2D eigenvalue weighted by atomic mass is 31.2. The van der Waals surface area contributed by atoms with Gasteiger partial charge in [0.05, 0.1) is 11.5 Å². The number of rotatable bonds is 12. The van der Waals surface area contributed by atoms with Gasteiger partial charge in [-0.25, -0.2) is 4.57 Å². The van der Waals surface area contributed by atoms with Crippen molar-refractivity contribution in [3.05, 3.63) is 34.4 Å². The first-order valence-electron chi connectivity index (χ1n) is 7.96. The Morgan fingerprint density at radius 3 is 2.48 bits per heavy atom. The summed E-state index contributed by atoms with van der Waals surface area (Å²) < 4.78 is 23.4. The van der Waals surface area contributed by atoms with Crippen LogP contribution < -0.4 is 9.61 Å². The van der Waals surface area contributed by atoms with E-state index in [1.54, 1.807) is 0 Å². The lowest BCUT2D eigenvalue weighted by Gasteiger charge is -2.21. The maximum absolute atomic E-state index is 12.8. The number of non-ortho nitro benzene ring substituents is 1. The maximum Gasteiger partial charge on any atom is 0.459 e. The van der Waals surface area contributed by atoms with Crippen molar-refractivity contribution in [2.24, 2.45) is 0 Å². The highest BCUT2D eigenvalue weighted by Crippen LogP contribution is 2.45. The third-order valence-corrected chi connectivity index (χ3v) is 4.93. The van der Waals surface area contributed by atoms with E-state index in [1.165, 1.54) is 31.2 Å². The standard InChI is InChI=1S/C15H23N2O7P/c1-3-4-5-6-11-23-25(22,16-12(2)15(18)19)24-14-9-7-13(8-10-14)17(20)21/h7-10,12H,3-6,11H2,1-2H3,(H,16,22)(H,18,19)/t12-,25?/m0/s1. The molecule has 1 rings (SSSR count). The van der Waals surface area contributed by atoms with Crippen molar-refractivity contribution in [2.45, 2.75) is 45.6 Å². The van der Waals surface area contributed by atoms with Crippen LogP contribution in [0, 0.1) is 10.1 Å². The molecule has 0 aromatic heterocycles. The summed E-state index contributed by atoms with van der Waals surface area (Å²) in [7, 11) is -3.94. The molecule has 0 fully saturated rings. The summed E-state index contributed by atoms with van der Waals surface area (Å²) in [5, 5.41) is 22.0. The van der Waals surface area contributed by atoms with Crippen LogP contribution in [-0.2, 0) is 13.9 Å². The molecule has 1 aromatic carbocycles. The average Bonchev–Trinajstić information content (AvgIpc) is 2.55. The van der Waals surface area contributed by atoms with E-state index in [9.17, 15) is 19.5 Å². The quantitative estimate of drug-likeness (QED) is 0.245. The number of nitro groups is 1. The van der Waals surface area contributed by atoms with Gasteiger partial charge in [0.2, 0.25) is 0 Å². The average molecular weight is 374 g/mol. The van der Waals surface area contributed by atoms with Gasteiger partial charge in [0.25, 0.3) is 5.69 Å². The Hall–Kier alpha value is -1.96. The van der Waals surface area contributed by atoms with E-state index in [-0.39, 0.29) is 18.0 Å². The number of nitro benzene ring substituents is 1. The van der Waals surface area contributed by atoms with Crippen LogP contribution in [0.4, 0.5) is 5.69 Å². The van der Waals surface area contributed by atoms with Crippen molar-refractivity contribution in [2.75, 3.05) is 6.61 Å². The molecule has 25 heavy (non-hydrogen) atoms. The van der Waals surface area contributed by atoms with E-state index in [1.807, 2.05) is 0 Å². The molecule has 0 spiro atoms. The second-order valence-corrected chi connectivity index (χ2v) is 7.12. The minimum Gasteiger partial charge on any atom is -0.480 e. The Labute approximate surface area is 146 Å². The van der Waals surface area contributed by atoms with E-state index in [4.69, 9.17) is 14.2 Å². The molecule has 0 saturated heterocycles. The van der Waals surface area contributed by atoms with Gasteiger partial charge in [-0.2, -0.15) is 5.09 Å². The Morgan fingerprint density at radius 1 is 1.32 bits per heavy atom. The van der Waals surface area contributed by atoms with Gasteiger partial charge in [0, 0.05) is 12.1 Å². The molecule has 1 unspecified atom stereocenters. The number of unbranched alkanes of at least 4 members (excludes halogenated alkanes) is 3. The summed E-state index contributed by atoms with van der Waals surface area (Å²) >= 11 is 0. The van der Waals surface area contributed by atoms with E-state index in [0.717, 1.165) is 19.3 Å². The van der Waals surface area contributed by atoms with E-state index < -0.39 is 24.7 Å². The topological polar surface area (TPSA) is 128 Å². The van der Waals surface area contributed by atoms with E-state index in [2.05, 4.69) is 12.0 Å². The largest absolute Gasteiger partial charge is 0.480 e. The zero-order chi connectivity index (χ0) is 18.9. The molecule has 0 aliphatic rings. The number of nitrogens with one attached hydrogen (secondary N) is 1. The minimum atomic E-state index is -3.94. The molecule has 0 aliphatic heterocycles. The van der Waals surface area contributed by atoms with Crippen molar-refractivity contribution in [1.29, 1.82) is 0 Å². The Kier molecular flexibility index (Phi) is 8.54. The first-order valence-corrected chi connectivity index (χ1v) is 9.51. The number of carboxylic acids is 1. The number of hydrogen-bond donors (Lipinski definition) is 2. The van der Waals surface area contributed by atoms with Gasteiger partial charge in [0.1, 0.15) is 11.8 Å². The van der Waals surface area contributed by atoms with Crippen molar-refractivity contribution in [3.8, 4) is 5.75 Å². The number of carbonyl (C=O) groups is 1. The first kappa shape index (κ1) is 21.1. The number of hydrogen-bond acceptors (Lipinski definition) is 6. The monoisotopic (exact) mass is 374 g/mol.